The smallest absolute Gasteiger partial charge is 0.235 e. The molecule has 1 saturated carbocycles. The van der Waals surface area contributed by atoms with Gasteiger partial charge in [-0.25, -0.2) is 4.98 Å². The molecule has 1 N–H and O–H groups in total. The van der Waals surface area contributed by atoms with Crippen molar-refractivity contribution in [3.63, 3.8) is 0 Å². The van der Waals surface area contributed by atoms with Crippen LogP contribution in [0.25, 0.3) is 0 Å². The van der Waals surface area contributed by atoms with Gasteiger partial charge < -0.3 is 9.88 Å². The first-order chi connectivity index (χ1) is 12.0. The van der Waals surface area contributed by atoms with Gasteiger partial charge in [-0.15, -0.1) is 0 Å². The van der Waals surface area contributed by atoms with Crippen molar-refractivity contribution in [1.82, 2.24) is 24.7 Å². The molecule has 0 spiro atoms. The molecule has 1 atom stereocenters. The van der Waals surface area contributed by atoms with E-state index in [0.717, 1.165) is 57.7 Å². The highest BCUT2D eigenvalue weighted by molar-refractivity contribution is 5.79. The van der Waals surface area contributed by atoms with E-state index in [1.807, 2.05) is 19.4 Å². The predicted molar refractivity (Wildman–Crippen MR) is 94.5 cm³/mol. The lowest BCUT2D eigenvalue weighted by atomic mass is 10.00. The summed E-state index contributed by atoms with van der Waals surface area (Å²) in [6.07, 6.45) is 7.41. The van der Waals surface area contributed by atoms with Crippen LogP contribution in [0, 0.1) is 11.3 Å². The molecule has 0 bridgehead atoms. The van der Waals surface area contributed by atoms with Gasteiger partial charge in [-0.2, -0.15) is 5.26 Å². The van der Waals surface area contributed by atoms with Gasteiger partial charge >= 0.3 is 0 Å². The summed E-state index contributed by atoms with van der Waals surface area (Å²) in [7, 11) is 2.02. The number of hydrogen-bond donors (Lipinski definition) is 1. The maximum atomic E-state index is 12.4. The predicted octanol–water partition coefficient (Wildman–Crippen LogP) is 0.879. The van der Waals surface area contributed by atoms with Gasteiger partial charge in [0.25, 0.3) is 0 Å². The van der Waals surface area contributed by atoms with Crippen LogP contribution in [0.15, 0.2) is 12.4 Å². The number of nitrogens with one attached hydrogen (secondary N) is 1. The number of carbonyl (C=O) groups excluding carboxylic acids is 1. The number of amides is 1. The molecule has 1 aliphatic heterocycles. The quantitative estimate of drug-likeness (QED) is 0.858. The second-order valence-electron chi connectivity index (χ2n) is 7.46. The van der Waals surface area contributed by atoms with Crippen LogP contribution in [0.4, 0.5) is 0 Å². The minimum Gasteiger partial charge on any atom is -0.337 e. The molecule has 0 aromatic carbocycles. The van der Waals surface area contributed by atoms with Gasteiger partial charge in [0.1, 0.15) is 11.4 Å². The van der Waals surface area contributed by atoms with Gasteiger partial charge in [-0.05, 0) is 32.6 Å². The van der Waals surface area contributed by atoms with E-state index in [9.17, 15) is 10.1 Å². The summed E-state index contributed by atoms with van der Waals surface area (Å²) in [6, 6.07) is 2.69. The molecular formula is C18H28N6O. The fourth-order valence-electron chi connectivity index (χ4n) is 3.93. The summed E-state index contributed by atoms with van der Waals surface area (Å²) in [4.78, 5) is 21.4. The number of hydrogen-bond acceptors (Lipinski definition) is 5. The molecule has 2 heterocycles. The van der Waals surface area contributed by atoms with Crippen LogP contribution >= 0.6 is 0 Å². The van der Waals surface area contributed by atoms with Crippen LogP contribution in [0.2, 0.25) is 0 Å². The van der Waals surface area contributed by atoms with Crippen molar-refractivity contribution in [2.24, 2.45) is 7.05 Å². The zero-order valence-electron chi connectivity index (χ0n) is 15.2. The van der Waals surface area contributed by atoms with E-state index in [1.54, 1.807) is 0 Å². The van der Waals surface area contributed by atoms with Crippen molar-refractivity contribution in [3.8, 4) is 6.07 Å². The van der Waals surface area contributed by atoms with Crippen LogP contribution < -0.4 is 5.32 Å². The second kappa shape index (κ2) is 7.54. The SMILES string of the molecule is C[C@@H]1CN(CC(=O)NC2(C#N)CCCC2)CCN1Cc1nccn1C. The molecule has 3 rings (SSSR count). The van der Waals surface area contributed by atoms with Crippen LogP contribution in [0.5, 0.6) is 0 Å². The Balaban J connectivity index is 1.48. The first-order valence-corrected chi connectivity index (χ1v) is 9.16. The Hall–Kier alpha value is -1.91. The molecule has 1 aliphatic carbocycles. The first-order valence-electron chi connectivity index (χ1n) is 9.16. The maximum Gasteiger partial charge on any atom is 0.235 e. The molecule has 1 amide bonds. The van der Waals surface area contributed by atoms with Gasteiger partial charge in [-0.3, -0.25) is 14.6 Å². The standard InChI is InChI=1S/C18H28N6O/c1-15-11-23(9-10-24(15)12-16-20-7-8-22(16)2)13-17(25)21-18(14-19)5-3-4-6-18/h7-8,15H,3-6,9-13H2,1-2H3,(H,21,25)/t15-/m1/s1. The third kappa shape index (κ3) is 4.20. The fourth-order valence-corrected chi connectivity index (χ4v) is 3.93. The molecule has 25 heavy (non-hydrogen) atoms. The Bertz CT molecular complexity index is 642. The van der Waals surface area contributed by atoms with Gasteiger partial charge in [0.2, 0.25) is 5.91 Å². The lowest BCUT2D eigenvalue weighted by Gasteiger charge is -2.39. The van der Waals surface area contributed by atoms with Crippen molar-refractivity contribution >= 4 is 5.91 Å². The average molecular weight is 344 g/mol. The number of aromatic nitrogens is 2. The molecular weight excluding hydrogens is 316 g/mol. The Labute approximate surface area is 149 Å². The second-order valence-corrected chi connectivity index (χ2v) is 7.46. The third-order valence-corrected chi connectivity index (χ3v) is 5.53. The molecule has 0 unspecified atom stereocenters. The van der Waals surface area contributed by atoms with Gasteiger partial charge in [0.15, 0.2) is 0 Å². The molecule has 1 aromatic rings. The minimum absolute atomic E-state index is 0.0202. The minimum atomic E-state index is -0.622. The van der Waals surface area contributed by atoms with Gasteiger partial charge in [-0.1, -0.05) is 0 Å². The summed E-state index contributed by atoms with van der Waals surface area (Å²) in [5.74, 6) is 1.04. The molecule has 136 valence electrons. The molecule has 2 fully saturated rings. The zero-order valence-corrected chi connectivity index (χ0v) is 15.2. The first kappa shape index (κ1) is 17.9. The summed E-state index contributed by atoms with van der Waals surface area (Å²) < 4.78 is 2.05. The highest BCUT2D eigenvalue weighted by Gasteiger charge is 2.36. The monoisotopic (exact) mass is 344 g/mol. The average Bonchev–Trinajstić information content (AvgIpc) is 3.20. The summed E-state index contributed by atoms with van der Waals surface area (Å²) >= 11 is 0. The number of rotatable bonds is 5. The summed E-state index contributed by atoms with van der Waals surface area (Å²) in [5, 5.41) is 12.4. The van der Waals surface area contributed by atoms with Gasteiger partial charge in [0.05, 0.1) is 19.2 Å². The van der Waals surface area contributed by atoms with Crippen LogP contribution in [-0.2, 0) is 18.4 Å². The lowest BCUT2D eigenvalue weighted by molar-refractivity contribution is -0.124. The van der Waals surface area contributed by atoms with Crippen molar-refractivity contribution in [2.75, 3.05) is 26.2 Å². The van der Waals surface area contributed by atoms with Crippen molar-refractivity contribution in [3.05, 3.63) is 18.2 Å². The molecule has 1 aromatic heterocycles. The van der Waals surface area contributed by atoms with E-state index in [1.165, 1.54) is 0 Å². The summed E-state index contributed by atoms with van der Waals surface area (Å²) in [6.45, 7) is 6.05. The van der Waals surface area contributed by atoms with E-state index >= 15 is 0 Å². The molecule has 2 aliphatic rings. The van der Waals surface area contributed by atoms with Crippen LogP contribution in [-0.4, -0.2) is 63.0 Å². The molecule has 0 radical (unpaired) electrons. The Morgan fingerprint density at radius 1 is 1.44 bits per heavy atom. The number of nitrogens with zero attached hydrogens (tertiary/aromatic N) is 5. The van der Waals surface area contributed by atoms with E-state index in [0.29, 0.717) is 12.6 Å². The van der Waals surface area contributed by atoms with Crippen LogP contribution in [0.1, 0.15) is 38.4 Å². The fraction of sp³-hybridized carbons (Fsp3) is 0.722. The van der Waals surface area contributed by atoms with Gasteiger partial charge in [0, 0.05) is 45.1 Å². The molecule has 1 saturated heterocycles. The zero-order chi connectivity index (χ0) is 17.9. The number of carbonyl (C=O) groups is 1. The normalized spacial score (nSPS) is 24.1. The van der Waals surface area contributed by atoms with E-state index in [2.05, 4.69) is 37.7 Å². The van der Waals surface area contributed by atoms with Crippen LogP contribution in [0.3, 0.4) is 0 Å². The lowest BCUT2D eigenvalue weighted by Crippen LogP contribution is -2.55. The number of imidazole rings is 1. The van der Waals surface area contributed by atoms with Crippen molar-refractivity contribution in [2.45, 2.75) is 50.7 Å². The van der Waals surface area contributed by atoms with E-state index in [-0.39, 0.29) is 5.91 Å². The number of nitriles is 1. The highest BCUT2D eigenvalue weighted by Crippen LogP contribution is 2.28. The summed E-state index contributed by atoms with van der Waals surface area (Å²) in [5.41, 5.74) is -0.622. The molecule has 7 heteroatoms. The van der Waals surface area contributed by atoms with E-state index < -0.39 is 5.54 Å². The maximum absolute atomic E-state index is 12.4. The topological polar surface area (TPSA) is 77.2 Å². The van der Waals surface area contributed by atoms with Crippen molar-refractivity contribution in [1.29, 1.82) is 5.26 Å². The van der Waals surface area contributed by atoms with E-state index in [4.69, 9.17) is 0 Å². The third-order valence-electron chi connectivity index (χ3n) is 5.53. The number of aryl methyl sites for hydroxylation is 1. The Kier molecular flexibility index (Phi) is 5.40. The Morgan fingerprint density at radius 3 is 2.80 bits per heavy atom. The largest absolute Gasteiger partial charge is 0.337 e. The number of piperazine rings is 1. The Morgan fingerprint density at radius 2 is 2.20 bits per heavy atom. The highest BCUT2D eigenvalue weighted by atomic mass is 16.2. The molecule has 7 nitrogen and oxygen atoms in total. The van der Waals surface area contributed by atoms with Crippen molar-refractivity contribution < 1.29 is 4.79 Å².